The molecule has 2 aliphatic rings. The average Bonchev–Trinajstić information content (AvgIpc) is 3.27. The van der Waals surface area contributed by atoms with Crippen molar-refractivity contribution in [2.24, 2.45) is 0 Å². The van der Waals surface area contributed by atoms with Gasteiger partial charge in [0.1, 0.15) is 23.6 Å². The SMILES string of the molecule is CC(=O)NC1C[C@H]2CC[C@@H](C1)N2CCOc1ccc(Oc2nc3c(Cl)cccc3s2)cc1. The summed E-state index contributed by atoms with van der Waals surface area (Å²) in [6.45, 7) is 3.16. The van der Waals surface area contributed by atoms with Crippen molar-refractivity contribution in [1.29, 1.82) is 0 Å². The third-order valence-electron chi connectivity index (χ3n) is 6.29. The molecular formula is C24H26ClN3O3S. The van der Waals surface area contributed by atoms with Crippen LogP contribution in [0.5, 0.6) is 16.7 Å². The molecule has 5 rings (SSSR count). The van der Waals surface area contributed by atoms with Gasteiger partial charge in [0.05, 0.1) is 9.72 Å². The predicted molar refractivity (Wildman–Crippen MR) is 127 cm³/mol. The van der Waals surface area contributed by atoms with E-state index in [1.54, 1.807) is 6.92 Å². The topological polar surface area (TPSA) is 63.7 Å². The minimum Gasteiger partial charge on any atom is -0.492 e. The van der Waals surface area contributed by atoms with Gasteiger partial charge in [0.2, 0.25) is 5.91 Å². The second kappa shape index (κ2) is 9.25. The molecule has 0 radical (unpaired) electrons. The molecule has 6 nitrogen and oxygen atoms in total. The molecule has 1 unspecified atom stereocenters. The summed E-state index contributed by atoms with van der Waals surface area (Å²) < 4.78 is 12.9. The number of nitrogens with zero attached hydrogens (tertiary/aromatic N) is 2. The van der Waals surface area contributed by atoms with E-state index in [1.807, 2.05) is 42.5 Å². The number of hydrogen-bond acceptors (Lipinski definition) is 6. The molecule has 0 spiro atoms. The number of fused-ring (bicyclic) bond motifs is 3. The number of rotatable bonds is 7. The van der Waals surface area contributed by atoms with Crippen LogP contribution in [0.1, 0.15) is 32.6 Å². The second-order valence-electron chi connectivity index (χ2n) is 8.48. The minimum atomic E-state index is 0.0746. The third-order valence-corrected chi connectivity index (χ3v) is 7.49. The third kappa shape index (κ3) is 4.70. The van der Waals surface area contributed by atoms with Gasteiger partial charge in [0.25, 0.3) is 5.19 Å². The highest BCUT2D eigenvalue weighted by Crippen LogP contribution is 2.36. The van der Waals surface area contributed by atoms with Crippen molar-refractivity contribution in [3.05, 3.63) is 47.5 Å². The molecule has 8 heteroatoms. The number of aromatic nitrogens is 1. The van der Waals surface area contributed by atoms with Crippen molar-refractivity contribution < 1.29 is 14.3 Å². The summed E-state index contributed by atoms with van der Waals surface area (Å²) in [5.74, 6) is 1.61. The van der Waals surface area contributed by atoms with Crippen molar-refractivity contribution in [2.75, 3.05) is 13.2 Å². The molecule has 3 aromatic rings. The van der Waals surface area contributed by atoms with Crippen LogP contribution in [-0.4, -0.2) is 47.1 Å². The number of halogens is 1. The van der Waals surface area contributed by atoms with Crippen LogP contribution in [0.4, 0.5) is 0 Å². The van der Waals surface area contributed by atoms with Crippen LogP contribution in [0.2, 0.25) is 5.02 Å². The maximum Gasteiger partial charge on any atom is 0.279 e. The molecule has 0 saturated carbocycles. The first kappa shape index (κ1) is 21.5. The number of amides is 1. The summed E-state index contributed by atoms with van der Waals surface area (Å²) in [6.07, 6.45) is 4.51. The normalized spacial score (nSPS) is 22.8. The molecule has 2 fully saturated rings. The summed E-state index contributed by atoms with van der Waals surface area (Å²) in [7, 11) is 0. The van der Waals surface area contributed by atoms with Crippen molar-refractivity contribution in [2.45, 2.75) is 50.7 Å². The van der Waals surface area contributed by atoms with Gasteiger partial charge in [0.15, 0.2) is 0 Å². The lowest BCUT2D eigenvalue weighted by Gasteiger charge is -2.39. The van der Waals surface area contributed by atoms with Gasteiger partial charge in [-0.15, -0.1) is 0 Å². The zero-order chi connectivity index (χ0) is 22.1. The molecule has 32 heavy (non-hydrogen) atoms. The van der Waals surface area contributed by atoms with E-state index in [1.165, 1.54) is 24.2 Å². The van der Waals surface area contributed by atoms with E-state index < -0.39 is 0 Å². The molecule has 0 aliphatic carbocycles. The van der Waals surface area contributed by atoms with Crippen LogP contribution in [0.3, 0.4) is 0 Å². The molecule has 168 valence electrons. The van der Waals surface area contributed by atoms with Gasteiger partial charge in [-0.05, 0) is 62.1 Å². The van der Waals surface area contributed by atoms with Crippen molar-refractivity contribution in [3.8, 4) is 16.7 Å². The minimum absolute atomic E-state index is 0.0746. The Bertz CT molecular complexity index is 1090. The lowest BCUT2D eigenvalue weighted by molar-refractivity contribution is -0.120. The second-order valence-corrected chi connectivity index (χ2v) is 9.88. The molecule has 2 bridgehead atoms. The van der Waals surface area contributed by atoms with E-state index in [-0.39, 0.29) is 5.91 Å². The fourth-order valence-electron chi connectivity index (χ4n) is 4.96. The van der Waals surface area contributed by atoms with E-state index in [0.29, 0.717) is 40.7 Å². The number of benzene rings is 2. The Morgan fingerprint density at radius 2 is 1.88 bits per heavy atom. The quantitative estimate of drug-likeness (QED) is 0.509. The monoisotopic (exact) mass is 471 g/mol. The van der Waals surface area contributed by atoms with Gasteiger partial charge < -0.3 is 14.8 Å². The fourth-order valence-corrected chi connectivity index (χ4v) is 6.09. The van der Waals surface area contributed by atoms with E-state index in [9.17, 15) is 4.79 Å². The first-order chi connectivity index (χ1) is 15.5. The van der Waals surface area contributed by atoms with Crippen molar-refractivity contribution >= 4 is 39.1 Å². The average molecular weight is 472 g/mol. The number of para-hydroxylation sites is 1. The van der Waals surface area contributed by atoms with Crippen LogP contribution in [-0.2, 0) is 4.79 Å². The maximum absolute atomic E-state index is 11.4. The molecule has 2 aromatic carbocycles. The van der Waals surface area contributed by atoms with Crippen LogP contribution in [0.15, 0.2) is 42.5 Å². The Hall–Kier alpha value is -2.35. The number of piperidine rings is 1. The Labute approximate surface area is 196 Å². The number of thiazole rings is 1. The van der Waals surface area contributed by atoms with Gasteiger partial charge in [-0.1, -0.05) is 29.0 Å². The highest BCUT2D eigenvalue weighted by Gasteiger charge is 2.40. The summed E-state index contributed by atoms with van der Waals surface area (Å²) >= 11 is 7.67. The summed E-state index contributed by atoms with van der Waals surface area (Å²) in [5, 5.41) is 4.30. The van der Waals surface area contributed by atoms with Gasteiger partial charge in [-0.3, -0.25) is 9.69 Å². The zero-order valence-corrected chi connectivity index (χ0v) is 19.5. The molecule has 1 N–H and O–H groups in total. The Balaban J connectivity index is 1.12. The van der Waals surface area contributed by atoms with Crippen LogP contribution in [0.25, 0.3) is 10.2 Å². The summed E-state index contributed by atoms with van der Waals surface area (Å²) in [5.41, 5.74) is 0.768. The number of carbonyl (C=O) groups is 1. The van der Waals surface area contributed by atoms with Crippen LogP contribution >= 0.6 is 22.9 Å². The van der Waals surface area contributed by atoms with Gasteiger partial charge in [-0.2, -0.15) is 0 Å². The molecule has 3 heterocycles. The number of hydrogen-bond donors (Lipinski definition) is 1. The lowest BCUT2D eigenvalue weighted by Crippen LogP contribution is -2.51. The van der Waals surface area contributed by atoms with Crippen molar-refractivity contribution in [1.82, 2.24) is 15.2 Å². The van der Waals surface area contributed by atoms with E-state index in [4.69, 9.17) is 21.1 Å². The highest BCUT2D eigenvalue weighted by atomic mass is 35.5. The van der Waals surface area contributed by atoms with Crippen LogP contribution in [0, 0.1) is 0 Å². The smallest absolute Gasteiger partial charge is 0.279 e. The Kier molecular flexibility index (Phi) is 6.22. The fraction of sp³-hybridized carbons (Fsp3) is 0.417. The maximum atomic E-state index is 11.4. The summed E-state index contributed by atoms with van der Waals surface area (Å²) in [6, 6.07) is 14.8. The first-order valence-corrected chi connectivity index (χ1v) is 12.2. The molecule has 1 amide bonds. The van der Waals surface area contributed by atoms with Gasteiger partial charge in [0, 0.05) is 31.6 Å². The number of carbonyl (C=O) groups excluding carboxylic acids is 1. The van der Waals surface area contributed by atoms with Crippen LogP contribution < -0.4 is 14.8 Å². The van der Waals surface area contributed by atoms with Gasteiger partial charge in [-0.25, -0.2) is 4.98 Å². The number of ether oxygens (including phenoxy) is 2. The Morgan fingerprint density at radius 1 is 1.16 bits per heavy atom. The molecule has 1 aromatic heterocycles. The zero-order valence-electron chi connectivity index (χ0n) is 17.9. The molecule has 2 aliphatic heterocycles. The van der Waals surface area contributed by atoms with Gasteiger partial charge >= 0.3 is 0 Å². The first-order valence-electron chi connectivity index (χ1n) is 11.0. The largest absolute Gasteiger partial charge is 0.492 e. The van der Waals surface area contributed by atoms with Crippen molar-refractivity contribution in [3.63, 3.8) is 0 Å². The van der Waals surface area contributed by atoms with E-state index in [0.717, 1.165) is 35.4 Å². The van der Waals surface area contributed by atoms with E-state index >= 15 is 0 Å². The molecule has 3 atom stereocenters. The Morgan fingerprint density at radius 3 is 2.56 bits per heavy atom. The predicted octanol–water partition coefficient (Wildman–Crippen LogP) is 5.25. The summed E-state index contributed by atoms with van der Waals surface area (Å²) in [4.78, 5) is 18.4. The van der Waals surface area contributed by atoms with E-state index in [2.05, 4.69) is 15.2 Å². The lowest BCUT2D eigenvalue weighted by atomic mass is 9.97. The highest BCUT2D eigenvalue weighted by molar-refractivity contribution is 7.20. The molecular weight excluding hydrogens is 446 g/mol. The number of nitrogens with one attached hydrogen (secondary N) is 1. The molecule has 2 saturated heterocycles. The standard InChI is InChI=1S/C24H26ClN3O3S/c1-15(29)26-16-13-17-5-6-18(14-16)28(17)11-12-30-19-7-9-20(10-8-19)31-24-27-23-21(25)3-2-4-22(23)32-24/h2-4,7-10,16-18H,5-6,11-14H2,1H3,(H,26,29)/t16?,17-,18+.